The SMILES string of the molecule is Nc1cccnc1Oc1ccccc1I. The van der Waals surface area contributed by atoms with Crippen molar-refractivity contribution in [2.24, 2.45) is 0 Å². The van der Waals surface area contributed by atoms with Crippen molar-refractivity contribution in [2.75, 3.05) is 5.73 Å². The summed E-state index contributed by atoms with van der Waals surface area (Å²) in [5.74, 6) is 1.21. The van der Waals surface area contributed by atoms with Gasteiger partial charge in [0.05, 0.1) is 9.26 Å². The molecule has 0 aliphatic rings. The van der Waals surface area contributed by atoms with E-state index in [1.54, 1.807) is 18.3 Å². The molecule has 0 unspecified atom stereocenters. The molecule has 4 heteroatoms. The number of ether oxygens (including phenoxy) is 1. The number of para-hydroxylation sites is 1. The van der Waals surface area contributed by atoms with E-state index in [-0.39, 0.29) is 0 Å². The van der Waals surface area contributed by atoms with Crippen molar-refractivity contribution >= 4 is 28.3 Å². The van der Waals surface area contributed by atoms with Gasteiger partial charge in [-0.25, -0.2) is 4.98 Å². The molecule has 0 spiro atoms. The lowest BCUT2D eigenvalue weighted by atomic mass is 10.3. The molecule has 1 heterocycles. The van der Waals surface area contributed by atoms with Gasteiger partial charge in [-0.1, -0.05) is 12.1 Å². The molecule has 0 atom stereocenters. The van der Waals surface area contributed by atoms with Gasteiger partial charge < -0.3 is 10.5 Å². The van der Waals surface area contributed by atoms with E-state index in [2.05, 4.69) is 27.6 Å². The van der Waals surface area contributed by atoms with Crippen molar-refractivity contribution in [3.05, 3.63) is 46.2 Å². The van der Waals surface area contributed by atoms with Gasteiger partial charge in [0.2, 0.25) is 5.88 Å². The molecule has 0 amide bonds. The van der Waals surface area contributed by atoms with E-state index in [0.717, 1.165) is 9.32 Å². The van der Waals surface area contributed by atoms with Crippen LogP contribution in [0.2, 0.25) is 0 Å². The Morgan fingerprint density at radius 3 is 2.67 bits per heavy atom. The van der Waals surface area contributed by atoms with Crippen LogP contribution in [-0.4, -0.2) is 4.98 Å². The second-order valence-corrected chi connectivity index (χ2v) is 4.09. The lowest BCUT2D eigenvalue weighted by Crippen LogP contribution is -1.95. The molecule has 2 N–H and O–H groups in total. The van der Waals surface area contributed by atoms with Gasteiger partial charge in [0, 0.05) is 6.20 Å². The Labute approximate surface area is 101 Å². The number of nitrogen functional groups attached to an aromatic ring is 1. The molecule has 3 nitrogen and oxygen atoms in total. The maximum absolute atomic E-state index is 5.73. The average molecular weight is 312 g/mol. The first-order valence-corrected chi connectivity index (χ1v) is 5.48. The molecule has 0 radical (unpaired) electrons. The fraction of sp³-hybridized carbons (Fsp3) is 0. The van der Waals surface area contributed by atoms with Gasteiger partial charge >= 0.3 is 0 Å². The van der Waals surface area contributed by atoms with Crippen LogP contribution in [0.5, 0.6) is 11.6 Å². The van der Waals surface area contributed by atoms with Crippen LogP contribution in [0.25, 0.3) is 0 Å². The first kappa shape index (κ1) is 10.2. The van der Waals surface area contributed by atoms with Gasteiger partial charge in [-0.3, -0.25) is 0 Å². The van der Waals surface area contributed by atoms with Crippen molar-refractivity contribution in [1.29, 1.82) is 0 Å². The predicted octanol–water partition coefficient (Wildman–Crippen LogP) is 3.06. The topological polar surface area (TPSA) is 48.1 Å². The van der Waals surface area contributed by atoms with Gasteiger partial charge in [0.25, 0.3) is 0 Å². The Balaban J connectivity index is 2.30. The number of hydrogen-bond acceptors (Lipinski definition) is 3. The van der Waals surface area contributed by atoms with Crippen LogP contribution in [-0.2, 0) is 0 Å². The van der Waals surface area contributed by atoms with Crippen molar-refractivity contribution in [2.45, 2.75) is 0 Å². The second-order valence-electron chi connectivity index (χ2n) is 2.93. The molecule has 76 valence electrons. The lowest BCUT2D eigenvalue weighted by molar-refractivity contribution is 0.462. The molecule has 0 fully saturated rings. The summed E-state index contributed by atoms with van der Waals surface area (Å²) in [4.78, 5) is 4.06. The minimum Gasteiger partial charge on any atom is -0.436 e. The Morgan fingerprint density at radius 1 is 1.13 bits per heavy atom. The van der Waals surface area contributed by atoms with Crippen molar-refractivity contribution < 1.29 is 4.74 Å². The molecule has 0 saturated heterocycles. The summed E-state index contributed by atoms with van der Waals surface area (Å²) in [6, 6.07) is 11.3. The molecule has 1 aromatic heterocycles. The monoisotopic (exact) mass is 312 g/mol. The predicted molar refractivity (Wildman–Crippen MR) is 67.9 cm³/mol. The molecular weight excluding hydrogens is 303 g/mol. The van der Waals surface area contributed by atoms with Crippen molar-refractivity contribution in [1.82, 2.24) is 4.98 Å². The zero-order valence-corrected chi connectivity index (χ0v) is 10.0. The number of nitrogens with two attached hydrogens (primary N) is 1. The Kier molecular flexibility index (Phi) is 3.05. The van der Waals surface area contributed by atoms with Crippen LogP contribution in [0.1, 0.15) is 0 Å². The molecule has 0 aliphatic heterocycles. The first-order valence-electron chi connectivity index (χ1n) is 4.40. The third kappa shape index (κ3) is 2.38. The number of hydrogen-bond donors (Lipinski definition) is 1. The summed E-state index contributed by atoms with van der Waals surface area (Å²) in [5, 5.41) is 0. The van der Waals surface area contributed by atoms with E-state index in [9.17, 15) is 0 Å². The molecule has 15 heavy (non-hydrogen) atoms. The van der Waals surface area contributed by atoms with E-state index in [1.807, 2.05) is 24.3 Å². The van der Waals surface area contributed by atoms with Gasteiger partial charge in [-0.2, -0.15) is 0 Å². The van der Waals surface area contributed by atoms with E-state index in [1.165, 1.54) is 0 Å². The molecule has 0 saturated carbocycles. The normalized spacial score (nSPS) is 9.93. The number of aromatic nitrogens is 1. The molecule has 0 aliphatic carbocycles. The van der Waals surface area contributed by atoms with Gasteiger partial charge in [-0.15, -0.1) is 0 Å². The summed E-state index contributed by atoms with van der Waals surface area (Å²) in [5.41, 5.74) is 6.27. The summed E-state index contributed by atoms with van der Waals surface area (Å²) in [6.07, 6.45) is 1.65. The van der Waals surface area contributed by atoms with Gasteiger partial charge in [0.15, 0.2) is 0 Å². The molecule has 2 aromatic rings. The van der Waals surface area contributed by atoms with E-state index < -0.39 is 0 Å². The van der Waals surface area contributed by atoms with Crippen molar-refractivity contribution in [3.8, 4) is 11.6 Å². The lowest BCUT2D eigenvalue weighted by Gasteiger charge is -2.07. The molecule has 0 bridgehead atoms. The number of halogens is 1. The van der Waals surface area contributed by atoms with Crippen LogP contribution in [0, 0.1) is 3.57 Å². The summed E-state index contributed by atoms with van der Waals surface area (Å²) < 4.78 is 6.62. The third-order valence-corrected chi connectivity index (χ3v) is 2.74. The van der Waals surface area contributed by atoms with Crippen LogP contribution >= 0.6 is 22.6 Å². The highest BCUT2D eigenvalue weighted by molar-refractivity contribution is 14.1. The van der Waals surface area contributed by atoms with E-state index >= 15 is 0 Å². The third-order valence-electron chi connectivity index (χ3n) is 1.84. The smallest absolute Gasteiger partial charge is 0.242 e. The quantitative estimate of drug-likeness (QED) is 0.867. The van der Waals surface area contributed by atoms with E-state index in [0.29, 0.717) is 11.6 Å². The second kappa shape index (κ2) is 4.48. The zero-order chi connectivity index (χ0) is 10.7. The number of benzene rings is 1. The molecular formula is C11H9IN2O. The Hall–Kier alpha value is -1.30. The Morgan fingerprint density at radius 2 is 1.93 bits per heavy atom. The largest absolute Gasteiger partial charge is 0.436 e. The van der Waals surface area contributed by atoms with Crippen LogP contribution in [0.4, 0.5) is 5.69 Å². The fourth-order valence-electron chi connectivity index (χ4n) is 1.12. The van der Waals surface area contributed by atoms with Crippen molar-refractivity contribution in [3.63, 3.8) is 0 Å². The Bertz CT molecular complexity index is 430. The molecule has 2 rings (SSSR count). The van der Waals surface area contributed by atoms with Gasteiger partial charge in [0.1, 0.15) is 5.75 Å². The fourth-order valence-corrected chi connectivity index (χ4v) is 1.62. The summed E-state index contributed by atoms with van der Waals surface area (Å²) in [7, 11) is 0. The average Bonchev–Trinajstić information content (AvgIpc) is 2.24. The van der Waals surface area contributed by atoms with Crippen LogP contribution < -0.4 is 10.5 Å². The highest BCUT2D eigenvalue weighted by Crippen LogP contribution is 2.27. The minimum absolute atomic E-state index is 0.446. The summed E-state index contributed by atoms with van der Waals surface area (Å²) in [6.45, 7) is 0. The minimum atomic E-state index is 0.446. The standard InChI is InChI=1S/C11H9IN2O/c12-8-4-1-2-6-10(8)15-11-9(13)5-3-7-14-11/h1-7H,13H2. The molecule has 1 aromatic carbocycles. The van der Waals surface area contributed by atoms with Crippen LogP contribution in [0.15, 0.2) is 42.6 Å². The summed E-state index contributed by atoms with van der Waals surface area (Å²) >= 11 is 2.21. The number of rotatable bonds is 2. The highest BCUT2D eigenvalue weighted by Gasteiger charge is 2.04. The number of anilines is 1. The maximum Gasteiger partial charge on any atom is 0.242 e. The van der Waals surface area contributed by atoms with E-state index in [4.69, 9.17) is 10.5 Å². The number of nitrogens with zero attached hydrogens (tertiary/aromatic N) is 1. The van der Waals surface area contributed by atoms with Crippen LogP contribution in [0.3, 0.4) is 0 Å². The number of pyridine rings is 1. The highest BCUT2D eigenvalue weighted by atomic mass is 127. The zero-order valence-electron chi connectivity index (χ0n) is 7.85. The van der Waals surface area contributed by atoms with Gasteiger partial charge in [-0.05, 0) is 46.9 Å². The first-order chi connectivity index (χ1) is 7.27. The maximum atomic E-state index is 5.73.